The molecule has 0 aliphatic heterocycles. The lowest BCUT2D eigenvalue weighted by Gasteiger charge is -2.07. The Hall–Kier alpha value is -1.09. The average Bonchev–Trinajstić information content (AvgIpc) is 2.15. The van der Waals surface area contributed by atoms with E-state index in [1.54, 1.807) is 6.07 Å². The van der Waals surface area contributed by atoms with E-state index < -0.39 is 0 Å². The van der Waals surface area contributed by atoms with Crippen LogP contribution in [0.15, 0.2) is 12.3 Å². The summed E-state index contributed by atoms with van der Waals surface area (Å²) < 4.78 is 0. The van der Waals surface area contributed by atoms with Gasteiger partial charge in [0.2, 0.25) is 5.82 Å². The minimum Gasteiger partial charge on any atom is -0.368 e. The highest BCUT2D eigenvalue weighted by atomic mass is 35.5. The van der Waals surface area contributed by atoms with Crippen molar-refractivity contribution >= 4 is 30.6 Å². The van der Waals surface area contributed by atoms with E-state index in [-0.39, 0.29) is 36.7 Å². The second-order valence-corrected chi connectivity index (χ2v) is 2.74. The molecule has 0 fully saturated rings. The van der Waals surface area contributed by atoms with Gasteiger partial charge in [-0.3, -0.25) is 0 Å². The highest BCUT2D eigenvalue weighted by Gasteiger charge is 1.98. The Morgan fingerprint density at radius 1 is 1.60 bits per heavy atom. The van der Waals surface area contributed by atoms with Gasteiger partial charge in [0.1, 0.15) is 11.9 Å². The van der Waals surface area contributed by atoms with Crippen LogP contribution in [0.25, 0.3) is 0 Å². The Kier molecular flexibility index (Phi) is 8.98. The van der Waals surface area contributed by atoms with Crippen LogP contribution in [0.1, 0.15) is 12.7 Å². The molecule has 0 saturated carbocycles. The van der Waals surface area contributed by atoms with Gasteiger partial charge in [0.15, 0.2) is 0 Å². The summed E-state index contributed by atoms with van der Waals surface area (Å²) >= 11 is 0. The average molecular weight is 250 g/mol. The normalized spacial score (nSPS) is 10.2. The van der Waals surface area contributed by atoms with Crippen molar-refractivity contribution < 1.29 is 0 Å². The molecule has 1 unspecified atom stereocenters. The highest BCUT2D eigenvalue weighted by molar-refractivity contribution is 5.85. The van der Waals surface area contributed by atoms with Crippen LogP contribution in [0.2, 0.25) is 0 Å². The first-order valence-corrected chi connectivity index (χ1v) is 3.95. The highest BCUT2D eigenvalue weighted by Crippen LogP contribution is 2.00. The van der Waals surface area contributed by atoms with Gasteiger partial charge in [0.25, 0.3) is 0 Å². The summed E-state index contributed by atoms with van der Waals surface area (Å²) in [4.78, 5) is 7.67. The van der Waals surface area contributed by atoms with Crippen molar-refractivity contribution in [1.29, 1.82) is 5.26 Å². The lowest BCUT2D eigenvalue weighted by Crippen LogP contribution is -2.25. The number of nitrogens with one attached hydrogen (secondary N) is 1. The zero-order valence-electron chi connectivity index (χ0n) is 8.17. The third-order valence-electron chi connectivity index (χ3n) is 1.36. The second kappa shape index (κ2) is 8.24. The summed E-state index contributed by atoms with van der Waals surface area (Å²) in [7, 11) is 0. The van der Waals surface area contributed by atoms with E-state index in [0.717, 1.165) is 0 Å². The van der Waals surface area contributed by atoms with Gasteiger partial charge < -0.3 is 11.1 Å². The smallest absolute Gasteiger partial charge is 0.234 e. The van der Waals surface area contributed by atoms with Crippen LogP contribution in [0.4, 0.5) is 5.82 Å². The first-order valence-electron chi connectivity index (χ1n) is 3.95. The van der Waals surface area contributed by atoms with Crippen LogP contribution in [0.3, 0.4) is 0 Å². The molecule has 0 aliphatic carbocycles. The van der Waals surface area contributed by atoms with Gasteiger partial charge in [-0.25, -0.2) is 9.97 Å². The van der Waals surface area contributed by atoms with Gasteiger partial charge in [0.05, 0.1) is 0 Å². The number of aromatic nitrogens is 2. The third-order valence-corrected chi connectivity index (χ3v) is 1.36. The lowest BCUT2D eigenvalue weighted by atomic mass is 10.3. The van der Waals surface area contributed by atoms with Crippen molar-refractivity contribution in [3.05, 3.63) is 18.1 Å². The van der Waals surface area contributed by atoms with E-state index in [2.05, 4.69) is 15.3 Å². The van der Waals surface area contributed by atoms with Crippen molar-refractivity contribution in [1.82, 2.24) is 9.97 Å². The molecule has 5 nitrogen and oxygen atoms in total. The summed E-state index contributed by atoms with van der Waals surface area (Å²) in [6.07, 6.45) is 1.54. The number of rotatable bonds is 3. The van der Waals surface area contributed by atoms with Gasteiger partial charge in [0, 0.05) is 18.8 Å². The molecule has 1 atom stereocenters. The van der Waals surface area contributed by atoms with Crippen molar-refractivity contribution in [3.63, 3.8) is 0 Å². The minimum atomic E-state index is 0. The Bertz CT molecular complexity index is 323. The maximum absolute atomic E-state index is 8.51. The van der Waals surface area contributed by atoms with Crippen molar-refractivity contribution in [3.8, 4) is 6.07 Å². The Balaban J connectivity index is 0. The molecule has 84 valence electrons. The molecule has 1 rings (SSSR count). The standard InChI is InChI=1S/C8H11N5.2ClH/c1-6(10)5-12-7-2-3-11-8(4-9)13-7;;/h2-3,6H,5,10H2,1H3,(H,11,12,13);2*1H. The van der Waals surface area contributed by atoms with E-state index in [1.807, 2.05) is 13.0 Å². The van der Waals surface area contributed by atoms with E-state index in [9.17, 15) is 0 Å². The summed E-state index contributed by atoms with van der Waals surface area (Å²) in [5.41, 5.74) is 5.54. The molecule has 0 aromatic carbocycles. The molecule has 15 heavy (non-hydrogen) atoms. The van der Waals surface area contributed by atoms with Gasteiger partial charge in [-0.15, -0.1) is 24.8 Å². The molecule has 3 N–H and O–H groups in total. The van der Waals surface area contributed by atoms with Gasteiger partial charge in [-0.2, -0.15) is 5.26 Å². The SMILES string of the molecule is CC(N)CNc1ccnc(C#N)n1.Cl.Cl. The van der Waals surface area contributed by atoms with Crippen molar-refractivity contribution in [2.24, 2.45) is 5.73 Å². The van der Waals surface area contributed by atoms with E-state index >= 15 is 0 Å². The van der Waals surface area contributed by atoms with Crippen molar-refractivity contribution in [2.75, 3.05) is 11.9 Å². The Labute approximate surface area is 101 Å². The molecular weight excluding hydrogens is 237 g/mol. The fourth-order valence-electron chi connectivity index (χ4n) is 0.777. The van der Waals surface area contributed by atoms with E-state index in [4.69, 9.17) is 11.0 Å². The van der Waals surface area contributed by atoms with Crippen LogP contribution >= 0.6 is 24.8 Å². The number of nitrogens with zero attached hydrogens (tertiary/aromatic N) is 3. The van der Waals surface area contributed by atoms with Gasteiger partial charge in [-0.1, -0.05) is 0 Å². The molecule has 0 saturated heterocycles. The monoisotopic (exact) mass is 249 g/mol. The molecule has 0 bridgehead atoms. The third kappa shape index (κ3) is 6.07. The molecular formula is C8H13Cl2N5. The van der Waals surface area contributed by atoms with Crippen LogP contribution in [-0.2, 0) is 0 Å². The predicted molar refractivity (Wildman–Crippen MR) is 63.4 cm³/mol. The predicted octanol–water partition coefficient (Wildman–Crippen LogP) is 0.951. The van der Waals surface area contributed by atoms with Gasteiger partial charge >= 0.3 is 0 Å². The summed E-state index contributed by atoms with van der Waals surface area (Å²) in [5.74, 6) is 0.790. The summed E-state index contributed by atoms with van der Waals surface area (Å²) in [6, 6.07) is 3.62. The summed E-state index contributed by atoms with van der Waals surface area (Å²) in [6.45, 7) is 2.52. The number of hydrogen-bond donors (Lipinski definition) is 2. The second-order valence-electron chi connectivity index (χ2n) is 2.74. The van der Waals surface area contributed by atoms with Crippen molar-refractivity contribution in [2.45, 2.75) is 13.0 Å². The number of nitrogens with two attached hydrogens (primary N) is 1. The minimum absolute atomic E-state index is 0. The fraction of sp³-hybridized carbons (Fsp3) is 0.375. The van der Waals surface area contributed by atoms with Crippen LogP contribution < -0.4 is 11.1 Å². The molecule has 1 aromatic rings. The van der Waals surface area contributed by atoms with Gasteiger partial charge in [-0.05, 0) is 13.0 Å². The molecule has 0 spiro atoms. The molecule has 0 amide bonds. The summed E-state index contributed by atoms with van der Waals surface area (Å²) in [5, 5.41) is 11.5. The fourth-order valence-corrected chi connectivity index (χ4v) is 0.777. The first kappa shape index (κ1) is 16.3. The first-order chi connectivity index (χ1) is 6.22. The zero-order valence-corrected chi connectivity index (χ0v) is 9.81. The molecule has 1 aromatic heterocycles. The molecule has 0 aliphatic rings. The number of nitriles is 1. The van der Waals surface area contributed by atoms with E-state index in [0.29, 0.717) is 12.4 Å². The number of hydrogen-bond acceptors (Lipinski definition) is 5. The lowest BCUT2D eigenvalue weighted by molar-refractivity contribution is 0.776. The van der Waals surface area contributed by atoms with Crippen LogP contribution in [0, 0.1) is 11.3 Å². The largest absolute Gasteiger partial charge is 0.368 e. The quantitative estimate of drug-likeness (QED) is 0.833. The zero-order chi connectivity index (χ0) is 9.68. The Morgan fingerprint density at radius 2 is 2.27 bits per heavy atom. The number of halogens is 2. The topological polar surface area (TPSA) is 87.6 Å². The number of anilines is 1. The molecule has 7 heteroatoms. The van der Waals surface area contributed by atoms with Crippen LogP contribution in [0.5, 0.6) is 0 Å². The molecule has 0 radical (unpaired) electrons. The van der Waals surface area contributed by atoms with Crippen LogP contribution in [-0.4, -0.2) is 22.6 Å². The molecule has 1 heterocycles. The maximum atomic E-state index is 8.51. The Morgan fingerprint density at radius 3 is 2.80 bits per heavy atom. The van der Waals surface area contributed by atoms with E-state index in [1.165, 1.54) is 6.20 Å². The maximum Gasteiger partial charge on any atom is 0.234 e.